The van der Waals surface area contributed by atoms with Gasteiger partial charge in [-0.25, -0.2) is 0 Å². The molecule has 1 N–H and O–H groups in total. The molecule has 6 heteroatoms. The number of benzene rings is 2. The van der Waals surface area contributed by atoms with E-state index < -0.39 is 17.0 Å². The summed E-state index contributed by atoms with van der Waals surface area (Å²) >= 11 is 3.56. The average molecular weight is 421 g/mol. The zero-order chi connectivity index (χ0) is 19.1. The van der Waals surface area contributed by atoms with Gasteiger partial charge in [0, 0.05) is 18.1 Å². The minimum Gasteiger partial charge on any atom is -0.496 e. The van der Waals surface area contributed by atoms with Crippen molar-refractivity contribution in [1.82, 2.24) is 0 Å². The zero-order valence-electron chi connectivity index (χ0n) is 15.1. The van der Waals surface area contributed by atoms with Crippen molar-refractivity contribution in [3.8, 4) is 11.5 Å². The molecule has 3 rings (SSSR count). The minimum absolute atomic E-state index is 0.237. The summed E-state index contributed by atoms with van der Waals surface area (Å²) in [6, 6.07) is 10.9. The number of fused-ring (bicyclic) bond motifs is 1. The lowest BCUT2D eigenvalue weighted by atomic mass is 9.67. The summed E-state index contributed by atoms with van der Waals surface area (Å²) < 4.78 is 16.9. The molecular formula is C20H21BrO5. The number of halogens is 1. The van der Waals surface area contributed by atoms with Crippen molar-refractivity contribution >= 4 is 21.9 Å². The van der Waals surface area contributed by atoms with Crippen LogP contribution in [0.1, 0.15) is 23.6 Å². The Morgan fingerprint density at radius 2 is 1.73 bits per heavy atom. The lowest BCUT2D eigenvalue weighted by Crippen LogP contribution is -2.53. The van der Waals surface area contributed by atoms with E-state index in [2.05, 4.69) is 15.9 Å². The fourth-order valence-electron chi connectivity index (χ4n) is 4.03. The van der Waals surface area contributed by atoms with Crippen molar-refractivity contribution in [3.63, 3.8) is 0 Å². The standard InChI is InChI=1S/C20H21BrO5/c1-19(23)11-13-16(14(24-2)10-15(25-3)17(13)21)20(19,18(22)26-4)12-8-6-5-7-9-12/h5-10,23H,11H2,1-4H3/t19-,20-/m1/s1. The molecule has 5 nitrogen and oxygen atoms in total. The first-order valence-electron chi connectivity index (χ1n) is 8.15. The number of aliphatic hydroxyl groups is 1. The van der Waals surface area contributed by atoms with E-state index >= 15 is 0 Å². The number of carbonyl (C=O) groups is 1. The number of ether oxygens (including phenoxy) is 3. The second-order valence-corrected chi connectivity index (χ2v) is 7.30. The van der Waals surface area contributed by atoms with Gasteiger partial charge in [-0.1, -0.05) is 30.3 Å². The average Bonchev–Trinajstić information content (AvgIpc) is 2.91. The third-order valence-electron chi connectivity index (χ3n) is 5.13. The molecule has 1 aliphatic rings. The van der Waals surface area contributed by atoms with E-state index in [0.29, 0.717) is 27.1 Å². The number of rotatable bonds is 4. The van der Waals surface area contributed by atoms with Crippen LogP contribution in [-0.4, -0.2) is 38.0 Å². The van der Waals surface area contributed by atoms with Crippen molar-refractivity contribution in [2.75, 3.05) is 21.3 Å². The molecule has 0 spiro atoms. The largest absolute Gasteiger partial charge is 0.496 e. The number of hydrogen-bond acceptors (Lipinski definition) is 5. The topological polar surface area (TPSA) is 65.0 Å². The highest BCUT2D eigenvalue weighted by molar-refractivity contribution is 9.10. The van der Waals surface area contributed by atoms with E-state index in [-0.39, 0.29) is 6.42 Å². The Balaban J connectivity index is 2.48. The van der Waals surface area contributed by atoms with Gasteiger partial charge in [0.1, 0.15) is 11.5 Å². The van der Waals surface area contributed by atoms with Crippen LogP contribution in [0.3, 0.4) is 0 Å². The van der Waals surface area contributed by atoms with Crippen LogP contribution in [0.25, 0.3) is 0 Å². The fraction of sp³-hybridized carbons (Fsp3) is 0.350. The van der Waals surface area contributed by atoms with E-state index in [9.17, 15) is 9.90 Å². The van der Waals surface area contributed by atoms with Crippen LogP contribution < -0.4 is 9.47 Å². The normalized spacial score (nSPS) is 24.1. The Bertz CT molecular complexity index is 847. The third-order valence-corrected chi connectivity index (χ3v) is 6.00. The second-order valence-electron chi connectivity index (χ2n) is 6.51. The van der Waals surface area contributed by atoms with Gasteiger partial charge in [-0.15, -0.1) is 0 Å². The summed E-state index contributed by atoms with van der Waals surface area (Å²) in [5, 5.41) is 11.5. The van der Waals surface area contributed by atoms with Crippen molar-refractivity contribution < 1.29 is 24.1 Å². The van der Waals surface area contributed by atoms with Gasteiger partial charge in [0.05, 0.1) is 31.4 Å². The van der Waals surface area contributed by atoms with E-state index in [1.54, 1.807) is 20.1 Å². The molecule has 0 amide bonds. The maximum absolute atomic E-state index is 13.2. The number of methoxy groups -OCH3 is 3. The lowest BCUT2D eigenvalue weighted by Gasteiger charge is -2.39. The minimum atomic E-state index is -1.42. The van der Waals surface area contributed by atoms with Crippen molar-refractivity contribution in [2.45, 2.75) is 24.4 Å². The molecule has 1 aliphatic carbocycles. The zero-order valence-corrected chi connectivity index (χ0v) is 16.7. The molecule has 0 bridgehead atoms. The first-order valence-corrected chi connectivity index (χ1v) is 8.94. The van der Waals surface area contributed by atoms with E-state index in [1.165, 1.54) is 14.2 Å². The summed E-state index contributed by atoms with van der Waals surface area (Å²) in [7, 11) is 4.42. The number of carbonyl (C=O) groups excluding carboxylic acids is 1. The maximum atomic E-state index is 13.2. The number of esters is 1. The van der Waals surface area contributed by atoms with Gasteiger partial charge in [-0.3, -0.25) is 4.79 Å². The molecule has 0 heterocycles. The van der Waals surface area contributed by atoms with Gasteiger partial charge in [0.2, 0.25) is 0 Å². The SMILES string of the molecule is COC(=O)[C@@]1(c2ccccc2)c2c(OC)cc(OC)c(Br)c2C[C@@]1(C)O. The van der Waals surface area contributed by atoms with Gasteiger partial charge >= 0.3 is 5.97 Å². The van der Waals surface area contributed by atoms with Crippen molar-refractivity contribution in [3.05, 3.63) is 57.6 Å². The van der Waals surface area contributed by atoms with Gasteiger partial charge in [0.25, 0.3) is 0 Å². The first kappa shape index (κ1) is 18.7. The molecule has 0 saturated heterocycles. The van der Waals surface area contributed by atoms with Crippen LogP contribution in [-0.2, 0) is 21.4 Å². The second kappa shape index (κ2) is 6.59. The van der Waals surface area contributed by atoms with Crippen LogP contribution in [0, 0.1) is 0 Å². The van der Waals surface area contributed by atoms with Crippen molar-refractivity contribution in [2.24, 2.45) is 0 Å². The van der Waals surface area contributed by atoms with E-state index in [0.717, 1.165) is 5.56 Å². The molecule has 0 fully saturated rings. The van der Waals surface area contributed by atoms with Crippen molar-refractivity contribution in [1.29, 1.82) is 0 Å². The van der Waals surface area contributed by atoms with Gasteiger partial charge < -0.3 is 19.3 Å². The van der Waals surface area contributed by atoms with E-state index in [4.69, 9.17) is 14.2 Å². The van der Waals surface area contributed by atoms with Crippen LogP contribution >= 0.6 is 15.9 Å². The highest BCUT2D eigenvalue weighted by atomic mass is 79.9. The third kappa shape index (κ3) is 2.36. The van der Waals surface area contributed by atoms with Crippen LogP contribution in [0.15, 0.2) is 40.9 Å². The smallest absolute Gasteiger partial charge is 0.323 e. The molecule has 2 aromatic carbocycles. The summed E-state index contributed by atoms with van der Waals surface area (Å²) in [5.74, 6) is 0.500. The molecule has 0 aliphatic heterocycles. The highest BCUT2D eigenvalue weighted by Gasteiger charge is 2.63. The maximum Gasteiger partial charge on any atom is 0.323 e. The van der Waals surface area contributed by atoms with Gasteiger partial charge in [-0.2, -0.15) is 0 Å². The molecule has 0 saturated carbocycles. The van der Waals surface area contributed by atoms with Gasteiger partial charge in [0.15, 0.2) is 5.41 Å². The summed E-state index contributed by atoms with van der Waals surface area (Å²) in [6.07, 6.45) is 0.237. The lowest BCUT2D eigenvalue weighted by molar-refractivity contribution is -0.154. The first-order chi connectivity index (χ1) is 12.3. The molecule has 0 unspecified atom stereocenters. The van der Waals surface area contributed by atoms with Crippen LogP contribution in [0.2, 0.25) is 0 Å². The summed E-state index contributed by atoms with van der Waals surface area (Å²) in [6.45, 7) is 1.65. The summed E-state index contributed by atoms with van der Waals surface area (Å²) in [5.41, 5.74) is -0.841. The number of hydrogen-bond donors (Lipinski definition) is 1. The molecular weight excluding hydrogens is 400 g/mol. The molecule has 0 aromatic heterocycles. The predicted molar refractivity (Wildman–Crippen MR) is 101 cm³/mol. The van der Waals surface area contributed by atoms with E-state index in [1.807, 2.05) is 30.3 Å². The predicted octanol–water partition coefficient (Wildman–Crippen LogP) is 3.23. The molecule has 2 aromatic rings. The van der Waals surface area contributed by atoms with Crippen LogP contribution in [0.5, 0.6) is 11.5 Å². The highest BCUT2D eigenvalue weighted by Crippen LogP contribution is 2.57. The molecule has 0 radical (unpaired) electrons. The Labute approximate surface area is 161 Å². The quantitative estimate of drug-likeness (QED) is 0.769. The molecule has 138 valence electrons. The van der Waals surface area contributed by atoms with Gasteiger partial charge in [-0.05, 0) is 34.0 Å². The van der Waals surface area contributed by atoms with Crippen LogP contribution in [0.4, 0.5) is 0 Å². The Morgan fingerprint density at radius 3 is 2.27 bits per heavy atom. The molecule has 26 heavy (non-hydrogen) atoms. The molecule has 2 atom stereocenters. The summed E-state index contributed by atoms with van der Waals surface area (Å²) in [4.78, 5) is 13.2. The Hall–Kier alpha value is -2.05. The fourth-order valence-corrected chi connectivity index (χ4v) is 4.65. The Morgan fingerprint density at radius 1 is 1.12 bits per heavy atom. The Kier molecular flexibility index (Phi) is 4.75. The monoisotopic (exact) mass is 420 g/mol.